The van der Waals surface area contributed by atoms with Gasteiger partial charge in [-0.25, -0.2) is 4.79 Å². The van der Waals surface area contributed by atoms with Crippen molar-refractivity contribution in [2.24, 2.45) is 5.92 Å². The average molecular weight is 332 g/mol. The van der Waals surface area contributed by atoms with Gasteiger partial charge in [-0.15, -0.1) is 0 Å². The zero-order valence-electron chi connectivity index (χ0n) is 12.3. The topological polar surface area (TPSA) is 55.4 Å². The van der Waals surface area contributed by atoms with E-state index in [0.29, 0.717) is 11.6 Å². The van der Waals surface area contributed by atoms with E-state index in [4.69, 9.17) is 27.9 Å². The predicted octanol–water partition coefficient (Wildman–Crippen LogP) is 3.70. The van der Waals surface area contributed by atoms with Gasteiger partial charge in [-0.1, -0.05) is 44.0 Å². The number of nitrogens with one attached hydrogen (secondary N) is 1. The summed E-state index contributed by atoms with van der Waals surface area (Å²) in [6.45, 7) is 5.91. The Hall–Kier alpha value is -1.26. The smallest absolute Gasteiger partial charge is 0.328 e. The summed E-state index contributed by atoms with van der Waals surface area (Å²) in [5.41, 5.74) is 0.273. The first-order valence-electron chi connectivity index (χ1n) is 6.79. The minimum Gasteiger partial charge on any atom is -0.464 e. The minimum absolute atomic E-state index is 0.0932. The summed E-state index contributed by atoms with van der Waals surface area (Å²) in [5.74, 6) is -0.960. The maximum absolute atomic E-state index is 12.2. The number of benzene rings is 1. The van der Waals surface area contributed by atoms with E-state index in [1.54, 1.807) is 6.07 Å². The molecule has 1 amide bonds. The second-order valence-electron chi connectivity index (χ2n) is 4.99. The largest absolute Gasteiger partial charge is 0.464 e. The van der Waals surface area contributed by atoms with Crippen LogP contribution in [0.3, 0.4) is 0 Å². The number of rotatable bonds is 6. The molecular formula is C15H19Cl2NO3. The molecule has 0 fully saturated rings. The van der Waals surface area contributed by atoms with Crippen molar-refractivity contribution in [1.29, 1.82) is 0 Å². The van der Waals surface area contributed by atoms with Gasteiger partial charge in [0.15, 0.2) is 0 Å². The van der Waals surface area contributed by atoms with E-state index in [0.717, 1.165) is 6.42 Å². The summed E-state index contributed by atoms with van der Waals surface area (Å²) in [7, 11) is 0. The highest BCUT2D eigenvalue weighted by Crippen LogP contribution is 2.21. The van der Waals surface area contributed by atoms with Crippen LogP contribution in [0.4, 0.5) is 0 Å². The second-order valence-corrected chi connectivity index (χ2v) is 5.83. The lowest BCUT2D eigenvalue weighted by Gasteiger charge is -2.21. The fourth-order valence-electron chi connectivity index (χ4n) is 1.68. The van der Waals surface area contributed by atoms with E-state index in [2.05, 4.69) is 5.32 Å². The second kappa shape index (κ2) is 8.25. The van der Waals surface area contributed by atoms with Crippen molar-refractivity contribution in [3.63, 3.8) is 0 Å². The van der Waals surface area contributed by atoms with Gasteiger partial charge in [-0.3, -0.25) is 4.79 Å². The molecule has 0 unspecified atom stereocenters. The summed E-state index contributed by atoms with van der Waals surface area (Å²) < 4.78 is 5.09. The van der Waals surface area contributed by atoms with E-state index in [-0.39, 0.29) is 16.5 Å². The van der Waals surface area contributed by atoms with Gasteiger partial charge in [0.25, 0.3) is 5.91 Å². The van der Waals surface area contributed by atoms with Gasteiger partial charge in [0.1, 0.15) is 6.04 Å². The van der Waals surface area contributed by atoms with Gasteiger partial charge < -0.3 is 10.1 Å². The Bertz CT molecular complexity index is 518. The van der Waals surface area contributed by atoms with Gasteiger partial charge in [0.05, 0.1) is 17.2 Å². The van der Waals surface area contributed by atoms with Crippen LogP contribution < -0.4 is 5.32 Å². The van der Waals surface area contributed by atoms with Crippen LogP contribution in [0.15, 0.2) is 18.2 Å². The maximum atomic E-state index is 12.2. The standard InChI is InChI=1S/C15H19Cl2NO3/c1-4-7-21-15(20)13(9(2)3)18-14(19)11-6-5-10(16)8-12(11)17/h5-6,8-9,13H,4,7H2,1-3H3,(H,18,19)/t13-/m0/s1. The zero-order valence-corrected chi connectivity index (χ0v) is 13.8. The summed E-state index contributed by atoms with van der Waals surface area (Å²) >= 11 is 11.8. The number of carbonyl (C=O) groups excluding carboxylic acids is 2. The van der Waals surface area contributed by atoms with E-state index >= 15 is 0 Å². The van der Waals surface area contributed by atoms with Crippen LogP contribution in [0.2, 0.25) is 10.0 Å². The van der Waals surface area contributed by atoms with Crippen molar-refractivity contribution in [2.75, 3.05) is 6.61 Å². The van der Waals surface area contributed by atoms with Gasteiger partial charge in [-0.2, -0.15) is 0 Å². The number of hydrogen-bond acceptors (Lipinski definition) is 3. The Kier molecular flexibility index (Phi) is 6.99. The molecule has 0 radical (unpaired) electrons. The predicted molar refractivity (Wildman–Crippen MR) is 83.8 cm³/mol. The number of hydrogen-bond donors (Lipinski definition) is 1. The first-order valence-corrected chi connectivity index (χ1v) is 7.55. The van der Waals surface area contributed by atoms with Crippen LogP contribution in [0.25, 0.3) is 0 Å². The van der Waals surface area contributed by atoms with Gasteiger partial charge in [-0.05, 0) is 30.5 Å². The molecule has 0 aliphatic carbocycles. The highest BCUT2D eigenvalue weighted by atomic mass is 35.5. The Balaban J connectivity index is 2.83. The van der Waals surface area contributed by atoms with E-state index < -0.39 is 17.9 Å². The third-order valence-electron chi connectivity index (χ3n) is 2.83. The molecule has 0 aliphatic heterocycles. The van der Waals surface area contributed by atoms with Gasteiger partial charge in [0.2, 0.25) is 0 Å². The third kappa shape index (κ3) is 5.21. The van der Waals surface area contributed by atoms with Crippen LogP contribution in [0.5, 0.6) is 0 Å². The lowest BCUT2D eigenvalue weighted by molar-refractivity contribution is -0.147. The minimum atomic E-state index is -0.712. The van der Waals surface area contributed by atoms with Crippen LogP contribution in [0.1, 0.15) is 37.6 Å². The zero-order chi connectivity index (χ0) is 16.0. The Morgan fingerprint density at radius 3 is 2.48 bits per heavy atom. The maximum Gasteiger partial charge on any atom is 0.328 e. The Labute approximate surface area is 134 Å². The summed E-state index contributed by atoms with van der Waals surface area (Å²) in [6.07, 6.45) is 0.730. The summed E-state index contributed by atoms with van der Waals surface area (Å²) in [5, 5.41) is 3.34. The molecule has 0 aromatic heterocycles. The SMILES string of the molecule is CCCOC(=O)[C@@H](NC(=O)c1ccc(Cl)cc1Cl)C(C)C. The summed E-state index contributed by atoms with van der Waals surface area (Å²) in [4.78, 5) is 24.2. The number of ether oxygens (including phenoxy) is 1. The van der Waals surface area contributed by atoms with E-state index in [1.165, 1.54) is 12.1 Å². The Morgan fingerprint density at radius 2 is 1.95 bits per heavy atom. The van der Waals surface area contributed by atoms with E-state index in [9.17, 15) is 9.59 Å². The molecule has 0 aliphatic rings. The molecular weight excluding hydrogens is 313 g/mol. The van der Waals surface area contributed by atoms with E-state index in [1.807, 2.05) is 20.8 Å². The van der Waals surface area contributed by atoms with Crippen LogP contribution in [-0.4, -0.2) is 24.5 Å². The fraction of sp³-hybridized carbons (Fsp3) is 0.467. The van der Waals surface area contributed by atoms with Crippen molar-refractivity contribution in [3.8, 4) is 0 Å². The molecule has 4 nitrogen and oxygen atoms in total. The first kappa shape index (κ1) is 17.8. The molecule has 1 N–H and O–H groups in total. The van der Waals surface area contributed by atoms with Gasteiger partial charge >= 0.3 is 5.97 Å². The van der Waals surface area contributed by atoms with Crippen LogP contribution in [-0.2, 0) is 9.53 Å². The molecule has 1 atom stereocenters. The number of amides is 1. The monoisotopic (exact) mass is 331 g/mol. The van der Waals surface area contributed by atoms with Crippen molar-refractivity contribution >= 4 is 35.1 Å². The van der Waals surface area contributed by atoms with Crippen molar-refractivity contribution in [3.05, 3.63) is 33.8 Å². The molecule has 6 heteroatoms. The van der Waals surface area contributed by atoms with Crippen molar-refractivity contribution in [2.45, 2.75) is 33.2 Å². The summed E-state index contributed by atoms with van der Waals surface area (Å²) in [6, 6.07) is 3.87. The molecule has 0 heterocycles. The lowest BCUT2D eigenvalue weighted by Crippen LogP contribution is -2.45. The normalized spacial score (nSPS) is 12.1. The van der Waals surface area contributed by atoms with Crippen LogP contribution in [0, 0.1) is 5.92 Å². The number of carbonyl (C=O) groups is 2. The average Bonchev–Trinajstić information content (AvgIpc) is 2.41. The molecule has 0 saturated heterocycles. The molecule has 0 bridgehead atoms. The number of halogens is 2. The third-order valence-corrected chi connectivity index (χ3v) is 3.38. The molecule has 21 heavy (non-hydrogen) atoms. The molecule has 0 spiro atoms. The molecule has 0 saturated carbocycles. The quantitative estimate of drug-likeness (QED) is 0.808. The van der Waals surface area contributed by atoms with Crippen molar-refractivity contribution in [1.82, 2.24) is 5.32 Å². The first-order chi connectivity index (χ1) is 9.86. The van der Waals surface area contributed by atoms with Crippen LogP contribution >= 0.6 is 23.2 Å². The molecule has 1 rings (SSSR count). The fourth-order valence-corrected chi connectivity index (χ4v) is 2.18. The molecule has 1 aromatic carbocycles. The molecule has 116 valence electrons. The lowest BCUT2D eigenvalue weighted by atomic mass is 10.0. The van der Waals surface area contributed by atoms with Crippen molar-refractivity contribution < 1.29 is 14.3 Å². The highest BCUT2D eigenvalue weighted by molar-refractivity contribution is 6.36. The molecule has 1 aromatic rings. The van der Waals surface area contributed by atoms with Gasteiger partial charge in [0, 0.05) is 5.02 Å². The highest BCUT2D eigenvalue weighted by Gasteiger charge is 2.26. The number of esters is 1. The Morgan fingerprint density at radius 1 is 1.29 bits per heavy atom.